The second kappa shape index (κ2) is 5.77. The summed E-state index contributed by atoms with van der Waals surface area (Å²) in [4.78, 5) is 7.32. The zero-order chi connectivity index (χ0) is 18.7. The molecule has 1 N–H and O–H groups in total. The predicted molar refractivity (Wildman–Crippen MR) is 95.2 cm³/mol. The lowest BCUT2D eigenvalue weighted by Crippen LogP contribution is -2.31. The third kappa shape index (κ3) is 2.48. The molecule has 1 aliphatic heterocycles. The summed E-state index contributed by atoms with van der Waals surface area (Å²) in [7, 11) is 0. The number of aromatic nitrogens is 4. The van der Waals surface area contributed by atoms with E-state index in [0.29, 0.717) is 10.9 Å². The lowest BCUT2D eigenvalue weighted by molar-refractivity contribution is -0.382. The SMILES string of the molecule is Cc1cc2c(F)c(Oc3ncnn4cc(C5OC(C)O5)c(C)c34)ccc2[nH]1. The Morgan fingerprint density at radius 1 is 1.26 bits per heavy atom. The number of nitrogens with zero attached hydrogens (tertiary/aromatic N) is 3. The van der Waals surface area contributed by atoms with Crippen molar-refractivity contribution in [1.29, 1.82) is 0 Å². The smallest absolute Gasteiger partial charge is 0.247 e. The van der Waals surface area contributed by atoms with Crippen molar-refractivity contribution in [3.05, 3.63) is 53.4 Å². The molecule has 1 fully saturated rings. The summed E-state index contributed by atoms with van der Waals surface area (Å²) in [5.41, 5.74) is 3.95. The molecule has 1 aliphatic rings. The van der Waals surface area contributed by atoms with Gasteiger partial charge in [0.15, 0.2) is 24.1 Å². The zero-order valence-corrected chi connectivity index (χ0v) is 15.0. The van der Waals surface area contributed by atoms with Crippen molar-refractivity contribution in [2.24, 2.45) is 0 Å². The van der Waals surface area contributed by atoms with Gasteiger partial charge in [-0.15, -0.1) is 0 Å². The Balaban J connectivity index is 1.58. The largest absolute Gasteiger partial charge is 0.434 e. The average Bonchev–Trinajstić information content (AvgIpc) is 3.15. The lowest BCUT2D eigenvalue weighted by Gasteiger charge is -2.33. The molecule has 0 unspecified atom stereocenters. The molecule has 5 rings (SSSR count). The van der Waals surface area contributed by atoms with E-state index in [2.05, 4.69) is 15.1 Å². The molecule has 0 bridgehead atoms. The number of hydrogen-bond acceptors (Lipinski definition) is 5. The Kier molecular flexibility index (Phi) is 3.46. The van der Waals surface area contributed by atoms with E-state index >= 15 is 0 Å². The summed E-state index contributed by atoms with van der Waals surface area (Å²) in [6, 6.07) is 5.12. The van der Waals surface area contributed by atoms with Gasteiger partial charge in [0.2, 0.25) is 5.88 Å². The third-order valence-electron chi connectivity index (χ3n) is 4.76. The molecule has 8 heteroatoms. The maximum Gasteiger partial charge on any atom is 0.247 e. The first-order chi connectivity index (χ1) is 13.0. The molecule has 27 heavy (non-hydrogen) atoms. The molecular weight excluding hydrogens is 351 g/mol. The molecule has 4 aromatic rings. The van der Waals surface area contributed by atoms with E-state index in [-0.39, 0.29) is 17.9 Å². The monoisotopic (exact) mass is 368 g/mol. The van der Waals surface area contributed by atoms with Crippen LogP contribution < -0.4 is 4.74 Å². The molecule has 4 heterocycles. The van der Waals surface area contributed by atoms with Gasteiger partial charge in [0.25, 0.3) is 0 Å². The molecule has 0 radical (unpaired) electrons. The molecule has 7 nitrogen and oxygen atoms in total. The van der Waals surface area contributed by atoms with E-state index in [1.165, 1.54) is 6.33 Å². The van der Waals surface area contributed by atoms with Crippen molar-refractivity contribution in [3.63, 3.8) is 0 Å². The van der Waals surface area contributed by atoms with Gasteiger partial charge in [0.05, 0.1) is 0 Å². The van der Waals surface area contributed by atoms with Crippen LogP contribution in [0, 0.1) is 19.7 Å². The van der Waals surface area contributed by atoms with Gasteiger partial charge in [0.1, 0.15) is 11.8 Å². The Hall–Kier alpha value is -2.97. The number of H-pyrrole nitrogens is 1. The molecule has 0 atom stereocenters. The molecule has 0 spiro atoms. The van der Waals surface area contributed by atoms with Crippen LogP contribution >= 0.6 is 0 Å². The summed E-state index contributed by atoms with van der Waals surface area (Å²) < 4.78 is 33.5. The average molecular weight is 368 g/mol. The fraction of sp³-hybridized carbons (Fsp3) is 0.263. The van der Waals surface area contributed by atoms with E-state index in [0.717, 1.165) is 22.3 Å². The molecule has 1 aromatic carbocycles. The second-order valence-electron chi connectivity index (χ2n) is 6.63. The van der Waals surface area contributed by atoms with Gasteiger partial charge >= 0.3 is 0 Å². The Morgan fingerprint density at radius 3 is 2.85 bits per heavy atom. The summed E-state index contributed by atoms with van der Waals surface area (Å²) in [6.07, 6.45) is 2.51. The van der Waals surface area contributed by atoms with Crippen LogP contribution in [0.1, 0.15) is 30.0 Å². The van der Waals surface area contributed by atoms with E-state index in [1.54, 1.807) is 22.7 Å². The zero-order valence-electron chi connectivity index (χ0n) is 15.0. The molecule has 0 saturated carbocycles. The molecule has 0 amide bonds. The van der Waals surface area contributed by atoms with Gasteiger partial charge in [0, 0.05) is 28.4 Å². The Morgan fingerprint density at radius 2 is 2.07 bits per heavy atom. The number of hydrogen-bond donors (Lipinski definition) is 1. The highest BCUT2D eigenvalue weighted by molar-refractivity contribution is 5.83. The number of rotatable bonds is 3. The molecule has 1 saturated heterocycles. The van der Waals surface area contributed by atoms with Crippen LogP contribution in [0.25, 0.3) is 16.4 Å². The number of aryl methyl sites for hydroxylation is 2. The minimum atomic E-state index is -0.439. The number of benzene rings is 1. The Bertz CT molecular complexity index is 1180. The normalized spacial score (nSPS) is 19.6. The first-order valence-corrected chi connectivity index (χ1v) is 8.60. The van der Waals surface area contributed by atoms with Crippen LogP contribution in [0.4, 0.5) is 4.39 Å². The van der Waals surface area contributed by atoms with Crippen molar-refractivity contribution < 1.29 is 18.6 Å². The lowest BCUT2D eigenvalue weighted by atomic mass is 10.1. The molecule has 138 valence electrons. The van der Waals surface area contributed by atoms with Gasteiger partial charge in [-0.1, -0.05) is 0 Å². The highest BCUT2D eigenvalue weighted by Crippen LogP contribution is 2.38. The minimum Gasteiger partial charge on any atom is -0.434 e. The van der Waals surface area contributed by atoms with Crippen LogP contribution in [0.5, 0.6) is 11.6 Å². The molecular formula is C19H17FN4O3. The van der Waals surface area contributed by atoms with Crippen LogP contribution in [0.3, 0.4) is 0 Å². The van der Waals surface area contributed by atoms with Crippen LogP contribution in [0.15, 0.2) is 30.7 Å². The Labute approximate surface area is 153 Å². The number of fused-ring (bicyclic) bond motifs is 2. The summed E-state index contributed by atoms with van der Waals surface area (Å²) in [5.74, 6) is -0.0572. The highest BCUT2D eigenvalue weighted by Gasteiger charge is 2.32. The summed E-state index contributed by atoms with van der Waals surface area (Å²) >= 11 is 0. The van der Waals surface area contributed by atoms with E-state index in [1.807, 2.05) is 27.0 Å². The van der Waals surface area contributed by atoms with Gasteiger partial charge in [-0.05, 0) is 44.5 Å². The number of aromatic amines is 1. The van der Waals surface area contributed by atoms with Crippen molar-refractivity contribution in [2.45, 2.75) is 33.4 Å². The van der Waals surface area contributed by atoms with Gasteiger partial charge in [-0.25, -0.2) is 8.91 Å². The molecule has 3 aromatic heterocycles. The van der Waals surface area contributed by atoms with Crippen molar-refractivity contribution in [2.75, 3.05) is 0 Å². The first-order valence-electron chi connectivity index (χ1n) is 8.60. The topological polar surface area (TPSA) is 73.7 Å². The summed E-state index contributed by atoms with van der Waals surface area (Å²) in [5, 5.41) is 4.70. The van der Waals surface area contributed by atoms with Crippen molar-refractivity contribution in [1.82, 2.24) is 19.6 Å². The fourth-order valence-electron chi connectivity index (χ4n) is 3.43. The van der Waals surface area contributed by atoms with E-state index in [4.69, 9.17) is 14.2 Å². The first kappa shape index (κ1) is 16.2. The maximum absolute atomic E-state index is 14.9. The van der Waals surface area contributed by atoms with E-state index in [9.17, 15) is 4.39 Å². The number of nitrogens with one attached hydrogen (secondary N) is 1. The van der Waals surface area contributed by atoms with Crippen LogP contribution in [-0.4, -0.2) is 25.9 Å². The van der Waals surface area contributed by atoms with E-state index < -0.39 is 12.1 Å². The van der Waals surface area contributed by atoms with Gasteiger partial charge in [-0.2, -0.15) is 10.1 Å². The molecule has 0 aliphatic carbocycles. The third-order valence-corrected chi connectivity index (χ3v) is 4.76. The highest BCUT2D eigenvalue weighted by atomic mass is 19.1. The maximum atomic E-state index is 14.9. The standard InChI is InChI=1S/C19H17FN4O3/c1-9-6-12-14(23-9)4-5-15(16(12)20)27-18-17-10(2)13(19-25-11(3)26-19)7-24(17)22-8-21-18/h4-8,11,19,23H,1-3H3. The van der Waals surface area contributed by atoms with Gasteiger partial charge < -0.3 is 19.2 Å². The quantitative estimate of drug-likeness (QED) is 0.588. The van der Waals surface area contributed by atoms with Crippen LogP contribution in [-0.2, 0) is 9.47 Å². The fourth-order valence-corrected chi connectivity index (χ4v) is 3.43. The van der Waals surface area contributed by atoms with Gasteiger partial charge in [-0.3, -0.25) is 0 Å². The second-order valence-corrected chi connectivity index (χ2v) is 6.63. The van der Waals surface area contributed by atoms with Crippen molar-refractivity contribution in [3.8, 4) is 11.6 Å². The van der Waals surface area contributed by atoms with Crippen LogP contribution in [0.2, 0.25) is 0 Å². The summed E-state index contributed by atoms with van der Waals surface area (Å²) in [6.45, 7) is 5.62. The van der Waals surface area contributed by atoms with Crippen molar-refractivity contribution >= 4 is 16.4 Å². The predicted octanol–water partition coefficient (Wildman–Crippen LogP) is 4.15. The number of halogens is 1. The minimum absolute atomic E-state index is 0.106. The number of ether oxygens (including phenoxy) is 3.